The van der Waals surface area contributed by atoms with Crippen molar-refractivity contribution in [3.05, 3.63) is 15.9 Å². The van der Waals surface area contributed by atoms with E-state index >= 15 is 0 Å². The monoisotopic (exact) mass is 355 g/mol. The van der Waals surface area contributed by atoms with Crippen molar-refractivity contribution in [3.8, 4) is 0 Å². The van der Waals surface area contributed by atoms with Gasteiger partial charge in [0.15, 0.2) is 0 Å². The predicted octanol–water partition coefficient (Wildman–Crippen LogP) is 1.99. The number of nitrogens with one attached hydrogen (secondary N) is 1. The van der Waals surface area contributed by atoms with Crippen LogP contribution >= 0.6 is 27.3 Å². The highest BCUT2D eigenvalue weighted by molar-refractivity contribution is 9.11. The molecular formula is C10H14BrNO4S2. The second kappa shape index (κ2) is 6.14. The zero-order chi connectivity index (χ0) is 13.9. The van der Waals surface area contributed by atoms with Gasteiger partial charge in [0.2, 0.25) is 0 Å². The van der Waals surface area contributed by atoms with Gasteiger partial charge < -0.3 is 4.74 Å². The summed E-state index contributed by atoms with van der Waals surface area (Å²) in [5.74, 6) is -0.792. The third kappa shape index (κ3) is 3.78. The average Bonchev–Trinajstić information content (AvgIpc) is 2.72. The molecule has 0 aliphatic heterocycles. The van der Waals surface area contributed by atoms with Crippen LogP contribution in [0.1, 0.15) is 13.8 Å². The van der Waals surface area contributed by atoms with Crippen LogP contribution in [0.15, 0.2) is 20.1 Å². The molecule has 5 nitrogen and oxygen atoms in total. The number of hydrogen-bond donors (Lipinski definition) is 1. The third-order valence-electron chi connectivity index (χ3n) is 2.22. The minimum absolute atomic E-state index is 0.156. The Morgan fingerprint density at radius 2 is 2.06 bits per heavy atom. The van der Waals surface area contributed by atoms with Crippen molar-refractivity contribution in [2.75, 3.05) is 7.11 Å². The maximum absolute atomic E-state index is 12.1. The Morgan fingerprint density at radius 3 is 2.44 bits per heavy atom. The van der Waals surface area contributed by atoms with Crippen molar-refractivity contribution >= 4 is 43.3 Å². The minimum Gasteiger partial charge on any atom is -0.468 e. The van der Waals surface area contributed by atoms with E-state index in [1.807, 2.05) is 0 Å². The van der Waals surface area contributed by atoms with Crippen molar-refractivity contribution in [3.63, 3.8) is 0 Å². The number of thiophene rings is 1. The highest BCUT2D eigenvalue weighted by Gasteiger charge is 2.29. The van der Waals surface area contributed by atoms with E-state index in [0.29, 0.717) is 3.79 Å². The van der Waals surface area contributed by atoms with Gasteiger partial charge in [-0.1, -0.05) is 13.8 Å². The van der Waals surface area contributed by atoms with Gasteiger partial charge in [0.05, 0.1) is 10.9 Å². The normalized spacial score (nSPS) is 13.6. The lowest BCUT2D eigenvalue weighted by Crippen LogP contribution is -2.44. The first-order chi connectivity index (χ1) is 8.27. The first kappa shape index (κ1) is 15.6. The predicted molar refractivity (Wildman–Crippen MR) is 73.0 cm³/mol. The van der Waals surface area contributed by atoms with Gasteiger partial charge in [0.1, 0.15) is 10.3 Å². The summed E-state index contributed by atoms with van der Waals surface area (Å²) in [5.41, 5.74) is 0. The number of sulfonamides is 1. The van der Waals surface area contributed by atoms with E-state index in [4.69, 9.17) is 0 Å². The molecule has 1 rings (SSSR count). The number of hydrogen-bond acceptors (Lipinski definition) is 5. The van der Waals surface area contributed by atoms with Crippen molar-refractivity contribution in [2.24, 2.45) is 5.92 Å². The van der Waals surface area contributed by atoms with Crippen LogP contribution in [0.2, 0.25) is 0 Å². The molecule has 1 N–H and O–H groups in total. The highest BCUT2D eigenvalue weighted by atomic mass is 79.9. The van der Waals surface area contributed by atoms with E-state index in [1.54, 1.807) is 19.9 Å². The Balaban J connectivity index is 2.97. The van der Waals surface area contributed by atoms with E-state index in [9.17, 15) is 13.2 Å². The number of carbonyl (C=O) groups excluding carboxylic acids is 1. The fourth-order valence-electron chi connectivity index (χ4n) is 1.25. The molecule has 1 atom stereocenters. The lowest BCUT2D eigenvalue weighted by Gasteiger charge is -2.19. The Morgan fingerprint density at radius 1 is 1.44 bits per heavy atom. The molecule has 0 spiro atoms. The van der Waals surface area contributed by atoms with Crippen molar-refractivity contribution in [2.45, 2.75) is 24.1 Å². The smallest absolute Gasteiger partial charge is 0.324 e. The van der Waals surface area contributed by atoms with Crippen molar-refractivity contribution < 1.29 is 17.9 Å². The lowest BCUT2D eigenvalue weighted by molar-refractivity contribution is -0.143. The zero-order valence-electron chi connectivity index (χ0n) is 10.1. The first-order valence-electron chi connectivity index (χ1n) is 5.13. The molecule has 0 aliphatic carbocycles. The number of rotatable bonds is 5. The minimum atomic E-state index is -3.70. The SMILES string of the molecule is COC(=O)C(NS(=O)(=O)c1ccc(Br)s1)C(C)C. The molecule has 1 heterocycles. The second-order valence-electron chi connectivity index (χ2n) is 3.92. The zero-order valence-corrected chi connectivity index (χ0v) is 13.4. The summed E-state index contributed by atoms with van der Waals surface area (Å²) in [4.78, 5) is 11.5. The third-order valence-corrected chi connectivity index (χ3v) is 5.77. The molecule has 0 aliphatic rings. The van der Waals surface area contributed by atoms with E-state index in [-0.39, 0.29) is 10.1 Å². The molecule has 0 saturated heterocycles. The van der Waals surface area contributed by atoms with Crippen molar-refractivity contribution in [1.82, 2.24) is 4.72 Å². The summed E-state index contributed by atoms with van der Waals surface area (Å²) < 4.78 is 31.9. The van der Waals surface area contributed by atoms with Gasteiger partial charge in [0, 0.05) is 0 Å². The Bertz CT molecular complexity index is 524. The Kier molecular flexibility index (Phi) is 5.32. The summed E-state index contributed by atoms with van der Waals surface area (Å²) in [7, 11) is -2.47. The molecule has 1 aromatic rings. The number of ether oxygens (including phenoxy) is 1. The molecule has 0 aromatic carbocycles. The van der Waals surface area contributed by atoms with Crippen LogP contribution in [-0.2, 0) is 19.6 Å². The molecule has 18 heavy (non-hydrogen) atoms. The van der Waals surface area contributed by atoms with Gasteiger partial charge in [-0.05, 0) is 34.0 Å². The van der Waals surface area contributed by atoms with Crippen LogP contribution in [0.4, 0.5) is 0 Å². The van der Waals surface area contributed by atoms with E-state index in [1.165, 1.54) is 13.2 Å². The van der Waals surface area contributed by atoms with Gasteiger partial charge in [-0.15, -0.1) is 11.3 Å². The van der Waals surface area contributed by atoms with Gasteiger partial charge in [0.25, 0.3) is 10.0 Å². The number of halogens is 1. The largest absolute Gasteiger partial charge is 0.468 e. The Labute approximate surface area is 119 Å². The van der Waals surface area contributed by atoms with Crippen LogP contribution < -0.4 is 4.72 Å². The molecule has 102 valence electrons. The van der Waals surface area contributed by atoms with E-state index < -0.39 is 22.0 Å². The van der Waals surface area contributed by atoms with Crippen molar-refractivity contribution in [1.29, 1.82) is 0 Å². The van der Waals surface area contributed by atoms with Crippen LogP contribution in [0.3, 0.4) is 0 Å². The molecule has 0 fully saturated rings. The number of carbonyl (C=O) groups is 1. The molecule has 8 heteroatoms. The van der Waals surface area contributed by atoms with Gasteiger partial charge in [-0.25, -0.2) is 8.42 Å². The summed E-state index contributed by atoms with van der Waals surface area (Å²) in [5, 5.41) is 0. The molecule has 0 saturated carbocycles. The molecule has 1 unspecified atom stereocenters. The fraction of sp³-hybridized carbons (Fsp3) is 0.500. The quantitative estimate of drug-likeness (QED) is 0.819. The molecule has 0 bridgehead atoms. The topological polar surface area (TPSA) is 72.5 Å². The van der Waals surface area contributed by atoms with Crippen LogP contribution in [0.25, 0.3) is 0 Å². The lowest BCUT2D eigenvalue weighted by atomic mass is 10.1. The summed E-state index contributed by atoms with van der Waals surface area (Å²) in [6, 6.07) is 2.23. The maximum Gasteiger partial charge on any atom is 0.324 e. The molecule has 0 radical (unpaired) electrons. The fourth-order valence-corrected chi connectivity index (χ4v) is 4.61. The summed E-state index contributed by atoms with van der Waals surface area (Å²) in [6.45, 7) is 3.49. The number of methoxy groups -OCH3 is 1. The summed E-state index contributed by atoms with van der Waals surface area (Å²) in [6.07, 6.45) is 0. The Hall–Kier alpha value is -0.440. The molecule has 1 aromatic heterocycles. The van der Waals surface area contributed by atoms with Gasteiger partial charge in [-0.2, -0.15) is 4.72 Å². The number of esters is 1. The molecular weight excluding hydrogens is 342 g/mol. The standard InChI is InChI=1S/C10H14BrNO4S2/c1-6(2)9(10(13)16-3)12-18(14,15)8-5-4-7(11)17-8/h4-6,9,12H,1-3H3. The average molecular weight is 356 g/mol. The summed E-state index contributed by atoms with van der Waals surface area (Å²) >= 11 is 4.28. The van der Waals surface area contributed by atoms with E-state index in [0.717, 1.165) is 11.3 Å². The second-order valence-corrected chi connectivity index (χ2v) is 8.33. The highest BCUT2D eigenvalue weighted by Crippen LogP contribution is 2.26. The molecule has 0 amide bonds. The van der Waals surface area contributed by atoms with Gasteiger partial charge in [-0.3, -0.25) is 4.79 Å². The van der Waals surface area contributed by atoms with Gasteiger partial charge >= 0.3 is 5.97 Å². The first-order valence-corrected chi connectivity index (χ1v) is 8.22. The maximum atomic E-state index is 12.1. The van der Waals surface area contributed by atoms with Crippen LogP contribution in [0, 0.1) is 5.92 Å². The van der Waals surface area contributed by atoms with Crippen LogP contribution in [0.5, 0.6) is 0 Å². The van der Waals surface area contributed by atoms with E-state index in [2.05, 4.69) is 25.4 Å². The van der Waals surface area contributed by atoms with Crippen LogP contribution in [-0.4, -0.2) is 27.5 Å².